The van der Waals surface area contributed by atoms with Gasteiger partial charge in [-0.05, 0) is 25.1 Å². The topological polar surface area (TPSA) is 76.2 Å². The Kier molecular flexibility index (Phi) is 6.80. The van der Waals surface area contributed by atoms with E-state index in [1.54, 1.807) is 48.1 Å². The first-order valence-corrected chi connectivity index (χ1v) is 8.42. The maximum Gasteiger partial charge on any atom is 0.306 e. The number of ether oxygens (including phenoxy) is 2. The Hall–Kier alpha value is -2.57. The number of piperazine rings is 1. The number of amides is 2. The Morgan fingerprint density at radius 1 is 1.04 bits per heavy atom. The van der Waals surface area contributed by atoms with Crippen LogP contribution in [0.1, 0.15) is 30.1 Å². The van der Waals surface area contributed by atoms with Crippen LogP contribution in [0.5, 0.6) is 5.75 Å². The van der Waals surface area contributed by atoms with Gasteiger partial charge >= 0.3 is 5.97 Å². The maximum absolute atomic E-state index is 12.5. The van der Waals surface area contributed by atoms with Crippen molar-refractivity contribution in [1.29, 1.82) is 0 Å². The van der Waals surface area contributed by atoms with E-state index in [4.69, 9.17) is 9.47 Å². The van der Waals surface area contributed by atoms with Crippen LogP contribution in [0, 0.1) is 0 Å². The monoisotopic (exact) mass is 348 g/mol. The second kappa shape index (κ2) is 9.05. The maximum atomic E-state index is 12.5. The second-order valence-corrected chi connectivity index (χ2v) is 5.71. The SMILES string of the molecule is CCOC(=O)CCC(=O)N1CCN(C(=O)c2cccc(OC)c2)CC1. The lowest BCUT2D eigenvalue weighted by molar-refractivity contribution is -0.146. The first kappa shape index (κ1) is 18.8. The van der Waals surface area contributed by atoms with Crippen molar-refractivity contribution in [2.75, 3.05) is 39.9 Å². The molecule has 2 rings (SSSR count). The molecule has 0 aromatic heterocycles. The highest BCUT2D eigenvalue weighted by atomic mass is 16.5. The predicted molar refractivity (Wildman–Crippen MR) is 91.3 cm³/mol. The molecule has 0 N–H and O–H groups in total. The third-order valence-corrected chi connectivity index (χ3v) is 4.08. The fourth-order valence-corrected chi connectivity index (χ4v) is 2.70. The summed E-state index contributed by atoms with van der Waals surface area (Å²) >= 11 is 0. The van der Waals surface area contributed by atoms with Gasteiger partial charge in [-0.2, -0.15) is 0 Å². The van der Waals surface area contributed by atoms with Crippen LogP contribution < -0.4 is 4.74 Å². The lowest BCUT2D eigenvalue weighted by Crippen LogP contribution is -2.50. The Balaban J connectivity index is 1.83. The summed E-state index contributed by atoms with van der Waals surface area (Å²) in [6.07, 6.45) is 0.234. The molecular formula is C18H24N2O5. The van der Waals surface area contributed by atoms with Crippen molar-refractivity contribution in [2.24, 2.45) is 0 Å². The minimum atomic E-state index is -0.359. The number of carbonyl (C=O) groups excluding carboxylic acids is 3. The van der Waals surface area contributed by atoms with Gasteiger partial charge in [-0.15, -0.1) is 0 Å². The van der Waals surface area contributed by atoms with Crippen LogP contribution in [0.4, 0.5) is 0 Å². The van der Waals surface area contributed by atoms with Gasteiger partial charge in [-0.3, -0.25) is 14.4 Å². The molecule has 0 radical (unpaired) electrons. The summed E-state index contributed by atoms with van der Waals surface area (Å²) < 4.78 is 9.97. The van der Waals surface area contributed by atoms with Crippen molar-refractivity contribution in [3.05, 3.63) is 29.8 Å². The van der Waals surface area contributed by atoms with Gasteiger partial charge in [0.2, 0.25) is 5.91 Å². The van der Waals surface area contributed by atoms with Crippen molar-refractivity contribution < 1.29 is 23.9 Å². The Labute approximate surface area is 147 Å². The van der Waals surface area contributed by atoms with E-state index >= 15 is 0 Å². The number of rotatable bonds is 6. The van der Waals surface area contributed by atoms with Crippen LogP contribution in [0.25, 0.3) is 0 Å². The summed E-state index contributed by atoms with van der Waals surface area (Å²) in [5.74, 6) is 0.125. The third-order valence-electron chi connectivity index (χ3n) is 4.08. The van der Waals surface area contributed by atoms with E-state index in [1.165, 1.54) is 0 Å². The molecule has 2 amide bonds. The van der Waals surface area contributed by atoms with Gasteiger partial charge in [0.1, 0.15) is 5.75 Å². The zero-order chi connectivity index (χ0) is 18.2. The molecule has 0 aliphatic carbocycles. The predicted octanol–water partition coefficient (Wildman–Crippen LogP) is 1.32. The Morgan fingerprint density at radius 2 is 1.72 bits per heavy atom. The molecule has 1 heterocycles. The first-order valence-electron chi connectivity index (χ1n) is 8.42. The van der Waals surface area contributed by atoms with Crippen LogP contribution >= 0.6 is 0 Å². The minimum Gasteiger partial charge on any atom is -0.497 e. The second-order valence-electron chi connectivity index (χ2n) is 5.71. The van der Waals surface area contributed by atoms with Crippen LogP contribution in [-0.2, 0) is 14.3 Å². The van der Waals surface area contributed by atoms with E-state index in [1.807, 2.05) is 0 Å². The first-order chi connectivity index (χ1) is 12.0. The highest BCUT2D eigenvalue weighted by Gasteiger charge is 2.25. The summed E-state index contributed by atoms with van der Waals surface area (Å²) in [5, 5.41) is 0. The normalized spacial score (nSPS) is 14.2. The summed E-state index contributed by atoms with van der Waals surface area (Å²) in [6.45, 7) is 3.94. The average molecular weight is 348 g/mol. The number of hydrogen-bond acceptors (Lipinski definition) is 5. The van der Waals surface area contributed by atoms with Gasteiger partial charge in [-0.1, -0.05) is 6.07 Å². The van der Waals surface area contributed by atoms with Gasteiger partial charge in [0.15, 0.2) is 0 Å². The number of carbonyl (C=O) groups is 3. The van der Waals surface area contributed by atoms with Gasteiger partial charge in [-0.25, -0.2) is 0 Å². The van der Waals surface area contributed by atoms with Crippen molar-refractivity contribution in [3.63, 3.8) is 0 Å². The van der Waals surface area contributed by atoms with E-state index in [9.17, 15) is 14.4 Å². The van der Waals surface area contributed by atoms with Crippen molar-refractivity contribution in [3.8, 4) is 5.75 Å². The quantitative estimate of drug-likeness (QED) is 0.725. The molecular weight excluding hydrogens is 324 g/mol. The van der Waals surface area contributed by atoms with Crippen LogP contribution in [0.2, 0.25) is 0 Å². The van der Waals surface area contributed by atoms with E-state index in [0.29, 0.717) is 44.1 Å². The van der Waals surface area contributed by atoms with E-state index < -0.39 is 0 Å². The van der Waals surface area contributed by atoms with Crippen LogP contribution in [0.3, 0.4) is 0 Å². The Bertz CT molecular complexity index is 624. The molecule has 1 fully saturated rings. The Morgan fingerprint density at radius 3 is 2.36 bits per heavy atom. The molecule has 0 atom stereocenters. The van der Waals surface area contributed by atoms with Crippen molar-refractivity contribution >= 4 is 17.8 Å². The molecule has 1 aliphatic rings. The van der Waals surface area contributed by atoms with Crippen LogP contribution in [0.15, 0.2) is 24.3 Å². The molecule has 0 unspecified atom stereocenters. The molecule has 0 saturated carbocycles. The van der Waals surface area contributed by atoms with E-state index in [2.05, 4.69) is 0 Å². The molecule has 1 aliphatic heterocycles. The van der Waals surface area contributed by atoms with Gasteiger partial charge in [0.05, 0.1) is 20.1 Å². The summed E-state index contributed by atoms with van der Waals surface area (Å²) in [7, 11) is 1.56. The number of methoxy groups -OCH3 is 1. The third kappa shape index (κ3) is 5.20. The largest absolute Gasteiger partial charge is 0.497 e. The number of benzene rings is 1. The summed E-state index contributed by atoms with van der Waals surface area (Å²) in [5.41, 5.74) is 0.571. The molecule has 0 spiro atoms. The van der Waals surface area contributed by atoms with Crippen molar-refractivity contribution in [1.82, 2.24) is 9.80 Å². The lowest BCUT2D eigenvalue weighted by Gasteiger charge is -2.34. The molecule has 7 nitrogen and oxygen atoms in total. The van der Waals surface area contributed by atoms with E-state index in [0.717, 1.165) is 0 Å². The fraction of sp³-hybridized carbons (Fsp3) is 0.500. The number of esters is 1. The molecule has 1 aromatic rings. The van der Waals surface area contributed by atoms with Gasteiger partial charge in [0.25, 0.3) is 5.91 Å². The smallest absolute Gasteiger partial charge is 0.306 e. The highest BCUT2D eigenvalue weighted by molar-refractivity contribution is 5.94. The highest BCUT2D eigenvalue weighted by Crippen LogP contribution is 2.16. The zero-order valence-corrected chi connectivity index (χ0v) is 14.7. The summed E-state index contributed by atoms with van der Waals surface area (Å²) in [4.78, 5) is 39.4. The number of hydrogen-bond donors (Lipinski definition) is 0. The van der Waals surface area contributed by atoms with Gasteiger partial charge in [0, 0.05) is 38.2 Å². The molecule has 1 saturated heterocycles. The standard InChI is InChI=1S/C18H24N2O5/c1-3-25-17(22)8-7-16(21)19-9-11-20(12-10-19)18(23)14-5-4-6-15(13-14)24-2/h4-6,13H,3,7-12H2,1-2H3. The molecule has 0 bridgehead atoms. The lowest BCUT2D eigenvalue weighted by atomic mass is 10.1. The summed E-state index contributed by atoms with van der Waals surface area (Å²) in [6, 6.07) is 7.03. The molecule has 136 valence electrons. The minimum absolute atomic E-state index is 0.0717. The zero-order valence-electron chi connectivity index (χ0n) is 14.7. The van der Waals surface area contributed by atoms with Crippen molar-refractivity contribution in [2.45, 2.75) is 19.8 Å². The molecule has 25 heavy (non-hydrogen) atoms. The molecule has 7 heteroatoms. The number of nitrogens with zero attached hydrogens (tertiary/aromatic N) is 2. The van der Waals surface area contributed by atoms with Crippen LogP contribution in [-0.4, -0.2) is 67.5 Å². The average Bonchev–Trinajstić information content (AvgIpc) is 2.66. The fourth-order valence-electron chi connectivity index (χ4n) is 2.70. The molecule has 1 aromatic carbocycles. The van der Waals surface area contributed by atoms with Gasteiger partial charge < -0.3 is 19.3 Å². The van der Waals surface area contributed by atoms with E-state index in [-0.39, 0.29) is 30.6 Å².